The lowest BCUT2D eigenvalue weighted by Gasteiger charge is -2.12. The molecule has 0 bridgehead atoms. The van der Waals surface area contributed by atoms with Crippen LogP contribution < -0.4 is 0 Å². The molecule has 0 N–H and O–H groups in total. The van der Waals surface area contributed by atoms with Crippen LogP contribution in [0.1, 0.15) is 0 Å². The van der Waals surface area contributed by atoms with Crippen molar-refractivity contribution in [2.24, 2.45) is 0 Å². The van der Waals surface area contributed by atoms with Gasteiger partial charge in [0.25, 0.3) is 0 Å². The molecule has 0 saturated carbocycles. The Morgan fingerprint density at radius 1 is 1.17 bits per heavy atom. The first-order valence-corrected chi connectivity index (χ1v) is 7.01. The van der Waals surface area contributed by atoms with Gasteiger partial charge >= 0.3 is 7.82 Å². The molecule has 4 nitrogen and oxygen atoms in total. The molecule has 0 aromatic rings. The van der Waals surface area contributed by atoms with Crippen LogP contribution in [0.5, 0.6) is 0 Å². The molecule has 0 atom stereocenters. The normalized spacial score (nSPS) is 11.9. The van der Waals surface area contributed by atoms with Gasteiger partial charge in [0.15, 0.2) is 0 Å². The molecule has 0 aliphatic heterocycles. The fourth-order valence-corrected chi connectivity index (χ4v) is 2.22. The molecule has 0 unspecified atom stereocenters. The van der Waals surface area contributed by atoms with E-state index in [-0.39, 0.29) is 13.2 Å². The lowest BCUT2D eigenvalue weighted by Crippen LogP contribution is -2.00. The Hall–Kier alpha value is 1.36. The maximum atomic E-state index is 11.3. The summed E-state index contributed by atoms with van der Waals surface area (Å²) < 4.78 is 24.8. The first-order valence-electron chi connectivity index (χ1n) is 3.00. The van der Waals surface area contributed by atoms with E-state index in [4.69, 9.17) is 20.9 Å². The summed E-state index contributed by atoms with van der Waals surface area (Å²) in [5, 5.41) is 1.07. The first-order chi connectivity index (χ1) is 5.68. The minimum absolute atomic E-state index is 0.215. The largest absolute Gasteiger partial charge is 0.491 e. The molecule has 0 spiro atoms. The first kappa shape index (κ1) is 13.4. The predicted octanol–water partition coefficient (Wildman–Crippen LogP) is 3.09. The van der Waals surface area contributed by atoms with E-state index < -0.39 is 7.82 Å². The van der Waals surface area contributed by atoms with E-state index >= 15 is 0 Å². The second-order valence-corrected chi connectivity index (χ2v) is 5.11. The fourth-order valence-electron chi connectivity index (χ4n) is 0.370. The van der Waals surface area contributed by atoms with Gasteiger partial charge < -0.3 is 0 Å². The quantitative estimate of drug-likeness (QED) is 0.525. The van der Waals surface area contributed by atoms with Crippen molar-refractivity contribution in [1.82, 2.24) is 0 Å². The monoisotopic (exact) mass is 344 g/mol. The Morgan fingerprint density at radius 3 is 1.83 bits per heavy atom. The van der Waals surface area contributed by atoms with Gasteiger partial charge in [-0.2, -0.15) is 4.08 Å². The van der Waals surface area contributed by atoms with E-state index in [1.54, 1.807) is 0 Å². The fraction of sp³-hybridized carbons (Fsp3) is 1.00. The van der Waals surface area contributed by atoms with Crippen LogP contribution in [0.2, 0.25) is 0 Å². The number of phosphoric acid groups is 1. The Kier molecular flexibility index (Phi) is 8.61. The summed E-state index contributed by atoms with van der Waals surface area (Å²) in [6.45, 7) is 0.429. The van der Waals surface area contributed by atoms with Gasteiger partial charge in [0, 0.05) is 10.7 Å². The third-order valence-electron chi connectivity index (χ3n) is 0.738. The number of rotatable bonds is 7. The van der Waals surface area contributed by atoms with Crippen molar-refractivity contribution in [2.45, 2.75) is 0 Å². The van der Waals surface area contributed by atoms with Crippen molar-refractivity contribution in [3.8, 4) is 0 Å². The highest BCUT2D eigenvalue weighted by atomic mass is 79.9. The summed E-state index contributed by atoms with van der Waals surface area (Å²) in [6.07, 6.45) is 0. The van der Waals surface area contributed by atoms with Crippen LogP contribution in [-0.2, 0) is 17.7 Å². The van der Waals surface area contributed by atoms with Crippen LogP contribution >= 0.6 is 51.5 Å². The summed E-state index contributed by atoms with van der Waals surface area (Å²) in [6, 6.07) is 0. The summed E-state index contributed by atoms with van der Waals surface area (Å²) in [4.78, 5) is 0. The zero-order valence-electron chi connectivity index (χ0n) is 6.04. The van der Waals surface area contributed by atoms with Gasteiger partial charge in [-0.15, -0.1) is 0 Å². The van der Waals surface area contributed by atoms with Gasteiger partial charge in [-0.1, -0.05) is 31.9 Å². The van der Waals surface area contributed by atoms with Crippen LogP contribution in [-0.4, -0.2) is 23.9 Å². The average molecular weight is 346 g/mol. The number of halogens is 3. The van der Waals surface area contributed by atoms with Gasteiger partial charge in [-0.25, -0.2) is 4.57 Å². The maximum Gasteiger partial charge on any atom is 0.491 e. The van der Waals surface area contributed by atoms with Gasteiger partial charge in [0.2, 0.25) is 0 Å². The van der Waals surface area contributed by atoms with Gasteiger partial charge in [0.1, 0.15) is 0 Å². The summed E-state index contributed by atoms with van der Waals surface area (Å²) in [7, 11) is -3.53. The van der Waals surface area contributed by atoms with E-state index in [0.29, 0.717) is 10.7 Å². The van der Waals surface area contributed by atoms with Gasteiger partial charge in [0.05, 0.1) is 25.1 Å². The SMILES string of the molecule is O=P(OCl)(OCCBr)OCCBr. The standard InChI is InChI=1S/C4H8Br2ClO4P/c5-1-3-9-12(8,11-7)10-4-2-6/h1-4H2. The molecule has 8 heteroatoms. The second kappa shape index (κ2) is 7.74. The van der Waals surface area contributed by atoms with Crippen molar-refractivity contribution >= 4 is 51.5 Å². The summed E-state index contributed by atoms with van der Waals surface area (Å²) >= 11 is 11.1. The molecule has 0 aromatic carbocycles. The Morgan fingerprint density at radius 2 is 1.58 bits per heavy atom. The molecule has 12 heavy (non-hydrogen) atoms. The van der Waals surface area contributed by atoms with Crippen LogP contribution in [0.3, 0.4) is 0 Å². The lowest BCUT2D eigenvalue weighted by atomic mass is 10.9. The predicted molar refractivity (Wildman–Crippen MR) is 54.0 cm³/mol. The number of phosphoric ester groups is 1. The third-order valence-corrected chi connectivity index (χ3v) is 3.06. The van der Waals surface area contributed by atoms with E-state index in [2.05, 4.69) is 35.9 Å². The molecule has 74 valence electrons. The molecule has 0 fully saturated rings. The molecule has 0 radical (unpaired) electrons. The zero-order chi connectivity index (χ0) is 9.45. The summed E-state index contributed by atoms with van der Waals surface area (Å²) in [5.41, 5.74) is 0. The highest BCUT2D eigenvalue weighted by Crippen LogP contribution is 2.50. The zero-order valence-corrected chi connectivity index (χ0v) is 10.9. The van der Waals surface area contributed by atoms with Crippen molar-refractivity contribution in [1.29, 1.82) is 0 Å². The molecule has 0 aliphatic rings. The lowest BCUT2D eigenvalue weighted by molar-refractivity contribution is 0.174. The molecule has 0 rings (SSSR count). The smallest absolute Gasteiger partial charge is 0.285 e. The van der Waals surface area contributed by atoms with E-state index in [1.807, 2.05) is 0 Å². The molecule has 0 aromatic heterocycles. The van der Waals surface area contributed by atoms with Crippen LogP contribution in [0.4, 0.5) is 0 Å². The van der Waals surface area contributed by atoms with Crippen LogP contribution in [0.15, 0.2) is 0 Å². The van der Waals surface area contributed by atoms with Crippen LogP contribution in [0, 0.1) is 0 Å². The highest BCUT2D eigenvalue weighted by Gasteiger charge is 2.25. The Labute approximate surface area is 92.9 Å². The second-order valence-electron chi connectivity index (χ2n) is 1.56. The Bertz CT molecular complexity index is 146. The van der Waals surface area contributed by atoms with E-state index in [1.165, 1.54) is 0 Å². The number of hydrogen-bond donors (Lipinski definition) is 0. The molecular formula is C4H8Br2ClO4P. The summed E-state index contributed by atoms with van der Waals surface area (Å²) in [5.74, 6) is 0. The van der Waals surface area contributed by atoms with Crippen molar-refractivity contribution in [3.05, 3.63) is 0 Å². The van der Waals surface area contributed by atoms with Crippen molar-refractivity contribution in [2.75, 3.05) is 23.9 Å². The molecular weight excluding hydrogens is 338 g/mol. The minimum Gasteiger partial charge on any atom is -0.285 e. The molecule has 0 aliphatic carbocycles. The van der Waals surface area contributed by atoms with Gasteiger partial charge in [-0.05, 0) is 0 Å². The molecule has 0 heterocycles. The number of hydrogen-bond acceptors (Lipinski definition) is 4. The molecule has 0 saturated heterocycles. The van der Waals surface area contributed by atoms with E-state index in [0.717, 1.165) is 0 Å². The highest BCUT2D eigenvalue weighted by molar-refractivity contribution is 9.09. The third kappa shape index (κ3) is 5.91. The maximum absolute atomic E-state index is 11.3. The van der Waals surface area contributed by atoms with Crippen molar-refractivity contribution < 1.29 is 17.7 Å². The number of alkyl halides is 2. The van der Waals surface area contributed by atoms with Gasteiger partial charge in [-0.3, -0.25) is 9.05 Å². The average Bonchev–Trinajstić information content (AvgIpc) is 2.11. The van der Waals surface area contributed by atoms with Crippen molar-refractivity contribution in [3.63, 3.8) is 0 Å². The molecule has 0 amide bonds. The van der Waals surface area contributed by atoms with E-state index in [9.17, 15) is 4.57 Å². The van der Waals surface area contributed by atoms with Crippen LogP contribution in [0.25, 0.3) is 0 Å². The topological polar surface area (TPSA) is 44.8 Å². The minimum atomic E-state index is -3.53. The Balaban J connectivity index is 3.79.